The van der Waals surface area contributed by atoms with E-state index >= 15 is 0 Å². The van der Waals surface area contributed by atoms with Gasteiger partial charge in [-0.3, -0.25) is 4.79 Å². The van der Waals surface area contributed by atoms with Gasteiger partial charge in [0.05, 0.1) is 19.1 Å². The monoisotopic (exact) mass is 187 g/mol. The molecular formula is C9H17NO3. The average Bonchev–Trinajstić information content (AvgIpc) is 2.03. The van der Waals surface area contributed by atoms with Gasteiger partial charge in [0.1, 0.15) is 0 Å². The molecule has 1 amide bonds. The lowest BCUT2D eigenvalue weighted by atomic mass is 10.1. The highest BCUT2D eigenvalue weighted by Crippen LogP contribution is 2.21. The van der Waals surface area contributed by atoms with Crippen LogP contribution in [-0.2, 0) is 14.3 Å². The molecule has 0 unspecified atom stereocenters. The number of amides is 1. The number of carbonyl (C=O) groups is 1. The molecule has 0 spiro atoms. The predicted molar refractivity (Wildman–Crippen MR) is 48.2 cm³/mol. The van der Waals surface area contributed by atoms with Crippen molar-refractivity contribution in [3.63, 3.8) is 0 Å². The summed E-state index contributed by atoms with van der Waals surface area (Å²) in [5.41, 5.74) is 0. The Hall–Kier alpha value is -0.610. The Kier molecular flexibility index (Phi) is 2.93. The van der Waals surface area contributed by atoms with E-state index in [1.54, 1.807) is 19.0 Å². The van der Waals surface area contributed by atoms with Crippen LogP contribution >= 0.6 is 0 Å². The maximum Gasteiger partial charge on any atom is 0.229 e. The summed E-state index contributed by atoms with van der Waals surface area (Å²) >= 11 is 0. The maximum absolute atomic E-state index is 11.5. The zero-order valence-corrected chi connectivity index (χ0v) is 8.66. The second kappa shape index (κ2) is 3.64. The number of carbonyl (C=O) groups excluding carboxylic acids is 1. The van der Waals surface area contributed by atoms with Gasteiger partial charge in [0.15, 0.2) is 5.79 Å². The van der Waals surface area contributed by atoms with E-state index < -0.39 is 5.79 Å². The standard InChI is InChI=1S/C9H17NO3/c1-9(2)12-5-7(6-13-9)8(11)10(3)4/h7H,5-6H2,1-4H3. The summed E-state index contributed by atoms with van der Waals surface area (Å²) in [7, 11) is 3.48. The highest BCUT2D eigenvalue weighted by molar-refractivity contribution is 5.78. The minimum atomic E-state index is -0.539. The first-order valence-corrected chi connectivity index (χ1v) is 4.41. The number of ether oxygens (including phenoxy) is 2. The molecule has 0 aromatic carbocycles. The molecule has 4 heteroatoms. The van der Waals surface area contributed by atoms with Crippen molar-refractivity contribution in [1.29, 1.82) is 0 Å². The molecule has 1 aliphatic rings. The van der Waals surface area contributed by atoms with Gasteiger partial charge in [-0.2, -0.15) is 0 Å². The molecule has 0 aromatic rings. The van der Waals surface area contributed by atoms with Crippen LogP contribution in [0.5, 0.6) is 0 Å². The Morgan fingerprint density at radius 2 is 1.77 bits per heavy atom. The van der Waals surface area contributed by atoms with E-state index in [1.165, 1.54) is 0 Å². The Morgan fingerprint density at radius 3 is 2.15 bits per heavy atom. The van der Waals surface area contributed by atoms with Crippen molar-refractivity contribution < 1.29 is 14.3 Å². The molecule has 1 fully saturated rings. The summed E-state index contributed by atoms with van der Waals surface area (Å²) < 4.78 is 10.8. The zero-order chi connectivity index (χ0) is 10.1. The minimum absolute atomic E-state index is 0.0653. The fourth-order valence-corrected chi connectivity index (χ4v) is 1.20. The van der Waals surface area contributed by atoms with Gasteiger partial charge in [-0.15, -0.1) is 0 Å². The lowest BCUT2D eigenvalue weighted by Gasteiger charge is -2.35. The van der Waals surface area contributed by atoms with Crippen LogP contribution in [0.2, 0.25) is 0 Å². The molecular weight excluding hydrogens is 170 g/mol. The molecule has 0 atom stereocenters. The van der Waals surface area contributed by atoms with Crippen molar-refractivity contribution in [3.05, 3.63) is 0 Å². The lowest BCUT2D eigenvalue weighted by molar-refractivity contribution is -0.260. The molecule has 4 nitrogen and oxygen atoms in total. The summed E-state index contributed by atoms with van der Waals surface area (Å²) in [6, 6.07) is 0. The molecule has 1 saturated heterocycles. The second-order valence-corrected chi connectivity index (χ2v) is 3.95. The molecule has 0 saturated carbocycles. The topological polar surface area (TPSA) is 38.8 Å². The van der Waals surface area contributed by atoms with Crippen molar-refractivity contribution in [2.24, 2.45) is 5.92 Å². The molecule has 1 aliphatic heterocycles. The summed E-state index contributed by atoms with van der Waals surface area (Å²) in [6.45, 7) is 4.60. The molecule has 76 valence electrons. The van der Waals surface area contributed by atoms with Gasteiger partial charge in [0.25, 0.3) is 0 Å². The number of hydrogen-bond acceptors (Lipinski definition) is 3. The van der Waals surface area contributed by atoms with E-state index in [0.29, 0.717) is 13.2 Å². The lowest BCUT2D eigenvalue weighted by Crippen LogP contribution is -2.45. The molecule has 1 heterocycles. The first kappa shape index (κ1) is 10.5. The fraction of sp³-hybridized carbons (Fsp3) is 0.889. The van der Waals surface area contributed by atoms with Crippen LogP contribution in [0.25, 0.3) is 0 Å². The van der Waals surface area contributed by atoms with Gasteiger partial charge >= 0.3 is 0 Å². The third-order valence-electron chi connectivity index (χ3n) is 2.05. The van der Waals surface area contributed by atoms with Crippen LogP contribution < -0.4 is 0 Å². The van der Waals surface area contributed by atoms with E-state index in [9.17, 15) is 4.79 Å². The normalized spacial score (nSPS) is 22.8. The molecule has 13 heavy (non-hydrogen) atoms. The predicted octanol–water partition coefficient (Wildman–Crippen LogP) is 0.474. The van der Waals surface area contributed by atoms with Crippen LogP contribution in [-0.4, -0.2) is 43.9 Å². The van der Waals surface area contributed by atoms with Crippen LogP contribution in [0.4, 0.5) is 0 Å². The van der Waals surface area contributed by atoms with Crippen molar-refractivity contribution in [2.45, 2.75) is 19.6 Å². The van der Waals surface area contributed by atoms with E-state index in [0.717, 1.165) is 0 Å². The summed E-state index contributed by atoms with van der Waals surface area (Å²) in [5.74, 6) is -0.623. The SMILES string of the molecule is CN(C)C(=O)C1COC(C)(C)OC1. The first-order valence-electron chi connectivity index (χ1n) is 4.41. The second-order valence-electron chi connectivity index (χ2n) is 3.95. The van der Waals surface area contributed by atoms with Gasteiger partial charge in [-0.1, -0.05) is 0 Å². The van der Waals surface area contributed by atoms with Crippen molar-refractivity contribution in [1.82, 2.24) is 4.90 Å². The van der Waals surface area contributed by atoms with Gasteiger partial charge in [0, 0.05) is 14.1 Å². The van der Waals surface area contributed by atoms with Gasteiger partial charge in [0.2, 0.25) is 5.91 Å². The van der Waals surface area contributed by atoms with Crippen LogP contribution in [0.15, 0.2) is 0 Å². The van der Waals surface area contributed by atoms with Crippen LogP contribution in [0, 0.1) is 5.92 Å². The third kappa shape index (κ3) is 2.67. The number of nitrogens with zero attached hydrogens (tertiary/aromatic N) is 1. The Labute approximate surface area is 78.8 Å². The molecule has 0 aromatic heterocycles. The Bertz CT molecular complexity index is 191. The maximum atomic E-state index is 11.5. The Morgan fingerprint density at radius 1 is 1.31 bits per heavy atom. The van der Waals surface area contributed by atoms with E-state index in [2.05, 4.69) is 0 Å². The van der Waals surface area contributed by atoms with Gasteiger partial charge in [-0.25, -0.2) is 0 Å². The highest BCUT2D eigenvalue weighted by atomic mass is 16.7. The molecule has 1 rings (SSSR count). The minimum Gasteiger partial charge on any atom is -0.350 e. The summed E-state index contributed by atoms with van der Waals surface area (Å²) in [5, 5.41) is 0. The Balaban J connectivity index is 2.46. The van der Waals surface area contributed by atoms with Gasteiger partial charge < -0.3 is 14.4 Å². The number of rotatable bonds is 1. The zero-order valence-electron chi connectivity index (χ0n) is 8.66. The fourth-order valence-electron chi connectivity index (χ4n) is 1.20. The number of hydrogen-bond donors (Lipinski definition) is 0. The summed E-state index contributed by atoms with van der Waals surface area (Å²) in [4.78, 5) is 13.0. The van der Waals surface area contributed by atoms with Gasteiger partial charge in [-0.05, 0) is 13.8 Å². The van der Waals surface area contributed by atoms with Crippen LogP contribution in [0.3, 0.4) is 0 Å². The molecule has 0 aliphatic carbocycles. The van der Waals surface area contributed by atoms with Crippen molar-refractivity contribution >= 4 is 5.91 Å². The largest absolute Gasteiger partial charge is 0.350 e. The highest BCUT2D eigenvalue weighted by Gasteiger charge is 2.32. The first-order chi connectivity index (χ1) is 5.92. The smallest absolute Gasteiger partial charge is 0.229 e. The van der Waals surface area contributed by atoms with Crippen molar-refractivity contribution in [3.8, 4) is 0 Å². The molecule has 0 N–H and O–H groups in total. The van der Waals surface area contributed by atoms with E-state index in [4.69, 9.17) is 9.47 Å². The third-order valence-corrected chi connectivity index (χ3v) is 2.05. The molecule has 0 bridgehead atoms. The van der Waals surface area contributed by atoms with E-state index in [1.807, 2.05) is 13.8 Å². The molecule has 0 radical (unpaired) electrons. The average molecular weight is 187 g/mol. The summed E-state index contributed by atoms with van der Waals surface area (Å²) in [6.07, 6.45) is 0. The quantitative estimate of drug-likeness (QED) is 0.599. The van der Waals surface area contributed by atoms with Crippen molar-refractivity contribution in [2.75, 3.05) is 27.3 Å². The van der Waals surface area contributed by atoms with Crippen LogP contribution in [0.1, 0.15) is 13.8 Å². The van der Waals surface area contributed by atoms with E-state index in [-0.39, 0.29) is 11.8 Å².